The molecular formula is C16H15ClN2S. The molecule has 0 aliphatic heterocycles. The Morgan fingerprint density at radius 2 is 1.85 bits per heavy atom. The van der Waals surface area contributed by atoms with Gasteiger partial charge in [0.2, 0.25) is 0 Å². The number of nitrogens with zero attached hydrogens (tertiary/aromatic N) is 1. The molecule has 0 amide bonds. The van der Waals surface area contributed by atoms with Crippen LogP contribution >= 0.6 is 22.9 Å². The molecule has 0 bridgehead atoms. The van der Waals surface area contributed by atoms with Crippen molar-refractivity contribution >= 4 is 38.3 Å². The highest BCUT2D eigenvalue weighted by Crippen LogP contribution is 2.31. The highest BCUT2D eigenvalue weighted by molar-refractivity contribution is 7.22. The van der Waals surface area contributed by atoms with Gasteiger partial charge in [0.1, 0.15) is 0 Å². The molecule has 4 heteroatoms. The molecule has 0 atom stereocenters. The molecule has 2 aromatic carbocycles. The Morgan fingerprint density at radius 1 is 1.10 bits per heavy atom. The van der Waals surface area contributed by atoms with Crippen LogP contribution in [0.3, 0.4) is 0 Å². The van der Waals surface area contributed by atoms with Crippen LogP contribution < -0.4 is 5.32 Å². The molecule has 2 nitrogen and oxygen atoms in total. The summed E-state index contributed by atoms with van der Waals surface area (Å²) in [5.74, 6) is 0. The zero-order valence-corrected chi connectivity index (χ0v) is 12.8. The van der Waals surface area contributed by atoms with Crippen LogP contribution in [-0.2, 0) is 13.0 Å². The monoisotopic (exact) mass is 302 g/mol. The summed E-state index contributed by atoms with van der Waals surface area (Å²) >= 11 is 7.76. The predicted octanol–water partition coefficient (Wildman–Crippen LogP) is 5.12. The molecule has 0 saturated heterocycles. The van der Waals surface area contributed by atoms with E-state index in [1.165, 1.54) is 11.1 Å². The third-order valence-corrected chi connectivity index (χ3v) is 4.73. The quantitative estimate of drug-likeness (QED) is 0.723. The van der Waals surface area contributed by atoms with Crippen LogP contribution in [0.15, 0.2) is 42.5 Å². The van der Waals surface area contributed by atoms with E-state index < -0.39 is 0 Å². The number of thiazole rings is 1. The largest absolute Gasteiger partial charge is 0.357 e. The first-order chi connectivity index (χ1) is 9.76. The van der Waals surface area contributed by atoms with E-state index in [4.69, 9.17) is 11.6 Å². The smallest absolute Gasteiger partial charge is 0.184 e. The zero-order valence-electron chi connectivity index (χ0n) is 11.2. The van der Waals surface area contributed by atoms with Crippen molar-refractivity contribution < 1.29 is 0 Å². The third-order valence-electron chi connectivity index (χ3n) is 3.24. The highest BCUT2D eigenvalue weighted by atomic mass is 35.5. The Kier molecular flexibility index (Phi) is 3.90. The number of aromatic nitrogens is 1. The van der Waals surface area contributed by atoms with Gasteiger partial charge in [-0.1, -0.05) is 60.2 Å². The highest BCUT2D eigenvalue weighted by Gasteiger charge is 2.06. The minimum absolute atomic E-state index is 0.764. The van der Waals surface area contributed by atoms with Crippen molar-refractivity contribution in [2.45, 2.75) is 19.9 Å². The van der Waals surface area contributed by atoms with Gasteiger partial charge < -0.3 is 5.32 Å². The minimum Gasteiger partial charge on any atom is -0.357 e. The van der Waals surface area contributed by atoms with E-state index in [9.17, 15) is 0 Å². The van der Waals surface area contributed by atoms with Crippen molar-refractivity contribution in [2.75, 3.05) is 5.32 Å². The molecule has 0 radical (unpaired) electrons. The molecule has 0 saturated carbocycles. The van der Waals surface area contributed by atoms with Crippen LogP contribution in [0.4, 0.5) is 5.13 Å². The molecule has 1 aromatic heterocycles. The Balaban J connectivity index is 1.74. The molecular weight excluding hydrogens is 288 g/mol. The molecule has 0 spiro atoms. The number of nitrogens with one attached hydrogen (secondary N) is 1. The summed E-state index contributed by atoms with van der Waals surface area (Å²) in [6, 6.07) is 14.5. The van der Waals surface area contributed by atoms with Crippen molar-refractivity contribution in [3.05, 3.63) is 58.6 Å². The van der Waals surface area contributed by atoms with Crippen LogP contribution in [0.2, 0.25) is 5.02 Å². The first-order valence-corrected chi connectivity index (χ1v) is 7.82. The van der Waals surface area contributed by atoms with Crippen molar-refractivity contribution in [1.29, 1.82) is 0 Å². The van der Waals surface area contributed by atoms with Gasteiger partial charge in [0, 0.05) is 6.54 Å². The Bertz CT molecular complexity index is 719. The van der Waals surface area contributed by atoms with Gasteiger partial charge in [-0.3, -0.25) is 0 Å². The second kappa shape index (κ2) is 5.81. The van der Waals surface area contributed by atoms with Crippen LogP contribution in [0.5, 0.6) is 0 Å². The van der Waals surface area contributed by atoms with Crippen molar-refractivity contribution in [1.82, 2.24) is 4.98 Å². The summed E-state index contributed by atoms with van der Waals surface area (Å²) in [4.78, 5) is 4.55. The molecule has 0 aliphatic rings. The van der Waals surface area contributed by atoms with Crippen LogP contribution in [0.25, 0.3) is 10.2 Å². The van der Waals surface area contributed by atoms with Crippen molar-refractivity contribution in [3.8, 4) is 0 Å². The number of hydrogen-bond acceptors (Lipinski definition) is 3. The number of fused-ring (bicyclic) bond motifs is 1. The summed E-state index contributed by atoms with van der Waals surface area (Å²) in [7, 11) is 0. The standard InChI is InChI=1S/C16H15ClN2S/c1-2-11-6-8-12(9-7-11)10-18-16-19-14-5-3-4-13(17)15(14)20-16/h3-9H,2,10H2,1H3,(H,18,19). The van der Waals surface area contributed by atoms with Gasteiger partial charge >= 0.3 is 0 Å². The van der Waals surface area contributed by atoms with Crippen LogP contribution in [0, 0.1) is 0 Å². The Morgan fingerprint density at radius 3 is 2.55 bits per heavy atom. The molecule has 3 rings (SSSR count). The van der Waals surface area contributed by atoms with Gasteiger partial charge in [-0.2, -0.15) is 0 Å². The Hall–Kier alpha value is -1.58. The van der Waals surface area contributed by atoms with Crippen molar-refractivity contribution in [3.63, 3.8) is 0 Å². The summed E-state index contributed by atoms with van der Waals surface area (Å²) in [6.45, 7) is 2.94. The topological polar surface area (TPSA) is 24.9 Å². The maximum absolute atomic E-state index is 6.16. The fourth-order valence-corrected chi connectivity index (χ4v) is 3.21. The van der Waals surface area contributed by atoms with Gasteiger partial charge in [0.25, 0.3) is 0 Å². The maximum atomic E-state index is 6.16. The van der Waals surface area contributed by atoms with Gasteiger partial charge in [-0.25, -0.2) is 4.98 Å². The average Bonchev–Trinajstić information content (AvgIpc) is 2.90. The minimum atomic E-state index is 0.764. The van der Waals surface area contributed by atoms with E-state index >= 15 is 0 Å². The van der Waals surface area contributed by atoms with E-state index in [0.29, 0.717) is 0 Å². The summed E-state index contributed by atoms with van der Waals surface area (Å²) < 4.78 is 1.04. The fraction of sp³-hybridized carbons (Fsp3) is 0.188. The fourth-order valence-electron chi connectivity index (χ4n) is 2.06. The van der Waals surface area contributed by atoms with Gasteiger partial charge in [-0.05, 0) is 29.7 Å². The number of halogens is 1. The van der Waals surface area contributed by atoms with Crippen molar-refractivity contribution in [2.24, 2.45) is 0 Å². The molecule has 0 aliphatic carbocycles. The van der Waals surface area contributed by atoms with Crippen LogP contribution in [0.1, 0.15) is 18.1 Å². The normalized spacial score (nSPS) is 10.9. The molecule has 1 N–H and O–H groups in total. The summed E-state index contributed by atoms with van der Waals surface area (Å²) in [5.41, 5.74) is 3.57. The third kappa shape index (κ3) is 2.79. The number of aryl methyl sites for hydroxylation is 1. The lowest BCUT2D eigenvalue weighted by molar-refractivity contribution is 1.10. The molecule has 0 fully saturated rings. The number of anilines is 1. The zero-order chi connectivity index (χ0) is 13.9. The van der Waals surface area contributed by atoms with Gasteiger partial charge in [-0.15, -0.1) is 0 Å². The molecule has 3 aromatic rings. The first-order valence-electron chi connectivity index (χ1n) is 6.63. The SMILES string of the molecule is CCc1ccc(CNc2nc3cccc(Cl)c3s2)cc1. The second-order valence-corrected chi connectivity index (χ2v) is 6.04. The van der Waals surface area contributed by atoms with Gasteiger partial charge in [0.15, 0.2) is 5.13 Å². The molecule has 1 heterocycles. The van der Waals surface area contributed by atoms with E-state index in [-0.39, 0.29) is 0 Å². The number of hydrogen-bond donors (Lipinski definition) is 1. The lowest BCUT2D eigenvalue weighted by Gasteiger charge is -2.03. The maximum Gasteiger partial charge on any atom is 0.184 e. The second-order valence-electron chi connectivity index (χ2n) is 4.63. The Labute approximate surface area is 127 Å². The first kappa shape index (κ1) is 13.4. The number of rotatable bonds is 4. The molecule has 20 heavy (non-hydrogen) atoms. The molecule has 0 unspecified atom stereocenters. The lowest BCUT2D eigenvalue weighted by Crippen LogP contribution is -1.98. The lowest BCUT2D eigenvalue weighted by atomic mass is 10.1. The summed E-state index contributed by atoms with van der Waals surface area (Å²) in [6.07, 6.45) is 1.07. The van der Waals surface area contributed by atoms with Gasteiger partial charge in [0.05, 0.1) is 15.2 Å². The van der Waals surface area contributed by atoms with E-state index in [0.717, 1.165) is 33.3 Å². The molecule has 102 valence electrons. The van der Waals surface area contributed by atoms with E-state index in [2.05, 4.69) is 41.5 Å². The predicted molar refractivity (Wildman–Crippen MR) is 87.8 cm³/mol. The summed E-state index contributed by atoms with van der Waals surface area (Å²) in [5, 5.41) is 5.04. The average molecular weight is 303 g/mol. The van der Waals surface area contributed by atoms with Crippen LogP contribution in [-0.4, -0.2) is 4.98 Å². The number of benzene rings is 2. The van der Waals surface area contributed by atoms with E-state index in [1.807, 2.05) is 18.2 Å². The van der Waals surface area contributed by atoms with E-state index in [1.54, 1.807) is 11.3 Å².